The number of halogens is 1. The second kappa shape index (κ2) is 13.5. The van der Waals surface area contributed by atoms with Crippen molar-refractivity contribution in [3.63, 3.8) is 0 Å². The van der Waals surface area contributed by atoms with Crippen molar-refractivity contribution < 1.29 is 19.4 Å². The molecule has 0 radical (unpaired) electrons. The lowest BCUT2D eigenvalue weighted by Crippen LogP contribution is -2.35. The van der Waals surface area contributed by atoms with Gasteiger partial charge in [-0.2, -0.15) is 0 Å². The summed E-state index contributed by atoms with van der Waals surface area (Å²) in [6.07, 6.45) is 8.28. The summed E-state index contributed by atoms with van der Waals surface area (Å²) in [5, 5.41) is 10.3. The average Bonchev–Trinajstić information content (AvgIpc) is 2.40. The predicted molar refractivity (Wildman–Crippen MR) is 89.5 cm³/mol. The van der Waals surface area contributed by atoms with Gasteiger partial charge in [-0.15, -0.1) is 0 Å². The van der Waals surface area contributed by atoms with Crippen molar-refractivity contribution in [3.05, 3.63) is 0 Å². The van der Waals surface area contributed by atoms with Crippen molar-refractivity contribution in [1.29, 1.82) is 0 Å². The van der Waals surface area contributed by atoms with E-state index in [1.165, 1.54) is 38.5 Å². The van der Waals surface area contributed by atoms with Crippen molar-refractivity contribution in [1.82, 2.24) is 5.32 Å². The van der Waals surface area contributed by atoms with Crippen molar-refractivity contribution >= 4 is 34.7 Å². The lowest BCUT2D eigenvalue weighted by molar-refractivity contribution is -0.136. The van der Waals surface area contributed by atoms with Crippen LogP contribution in [0, 0.1) is 0 Å². The van der Waals surface area contributed by atoms with Crippen LogP contribution >= 0.6 is 22.6 Å². The molecule has 0 atom stereocenters. The number of hydrogen-bond donors (Lipinski definition) is 2. The molecule has 0 aromatic rings. The van der Waals surface area contributed by atoms with E-state index in [2.05, 4.69) is 27.9 Å². The fourth-order valence-corrected chi connectivity index (χ4v) is 1.52. The number of carboxylic acids is 1. The van der Waals surface area contributed by atoms with Gasteiger partial charge in [-0.05, 0) is 25.7 Å². The van der Waals surface area contributed by atoms with Gasteiger partial charge in [0, 0.05) is 0 Å². The molecule has 0 aliphatic heterocycles. The highest BCUT2D eigenvalue weighted by molar-refractivity contribution is 14.1. The van der Waals surface area contributed by atoms with E-state index < -0.39 is 24.2 Å². The van der Waals surface area contributed by atoms with Crippen LogP contribution in [0.4, 0.5) is 4.79 Å². The summed E-state index contributed by atoms with van der Waals surface area (Å²) in [7, 11) is 0. The first-order valence-electron chi connectivity index (χ1n) is 6.88. The van der Waals surface area contributed by atoms with E-state index in [1.807, 2.05) is 4.93 Å². The Balaban J connectivity index is 0. The molecular formula is C14H28INO4. The number of nitrogens with one attached hydrogen (secondary N) is 1. The third-order valence-corrected chi connectivity index (χ3v) is 2.28. The number of aliphatic carboxylic acids is 1. The lowest BCUT2D eigenvalue weighted by Gasteiger charge is -2.19. The summed E-state index contributed by atoms with van der Waals surface area (Å²) in [5.74, 6) is -1.10. The first kappa shape index (κ1) is 21.8. The molecular weight excluding hydrogens is 373 g/mol. The highest BCUT2D eigenvalue weighted by Gasteiger charge is 2.16. The van der Waals surface area contributed by atoms with Crippen molar-refractivity contribution in [2.24, 2.45) is 0 Å². The van der Waals surface area contributed by atoms with Crippen LogP contribution in [0.1, 0.15) is 59.3 Å². The van der Waals surface area contributed by atoms with Gasteiger partial charge in [0.2, 0.25) is 0 Å². The van der Waals surface area contributed by atoms with Crippen LogP contribution < -0.4 is 5.32 Å². The van der Waals surface area contributed by atoms with Gasteiger partial charge in [-0.1, -0.05) is 61.1 Å². The third kappa shape index (κ3) is 19.8. The Bertz CT molecular complexity index is 249. The summed E-state index contributed by atoms with van der Waals surface area (Å²) in [5.41, 5.74) is -0.595. The monoisotopic (exact) mass is 401 g/mol. The van der Waals surface area contributed by atoms with E-state index in [0.717, 1.165) is 0 Å². The molecule has 5 nitrogen and oxygen atoms in total. The highest BCUT2D eigenvalue weighted by Crippen LogP contribution is 2.15. The Kier molecular flexibility index (Phi) is 14.6. The summed E-state index contributed by atoms with van der Waals surface area (Å²) < 4.78 is 4.77. The minimum absolute atomic E-state index is 0.422. The maximum Gasteiger partial charge on any atom is 0.408 e. The Morgan fingerprint density at radius 3 is 1.65 bits per heavy atom. The van der Waals surface area contributed by atoms with Gasteiger partial charge in [-0.3, -0.25) is 4.79 Å². The molecule has 0 saturated heterocycles. The molecule has 0 unspecified atom stereocenters. The van der Waals surface area contributed by atoms with Crippen LogP contribution in [-0.4, -0.2) is 34.2 Å². The molecule has 1 saturated carbocycles. The summed E-state index contributed by atoms with van der Waals surface area (Å²) in [6.45, 7) is 4.68. The van der Waals surface area contributed by atoms with Gasteiger partial charge >= 0.3 is 12.1 Å². The number of hydrogen-bond acceptors (Lipinski definition) is 3. The van der Waals surface area contributed by atoms with E-state index in [4.69, 9.17) is 9.84 Å². The fraction of sp³-hybridized carbons (Fsp3) is 0.857. The number of rotatable bonds is 2. The molecule has 0 aromatic heterocycles. The summed E-state index contributed by atoms with van der Waals surface area (Å²) in [4.78, 5) is 22.7. The fourth-order valence-electron chi connectivity index (χ4n) is 1.52. The zero-order valence-corrected chi connectivity index (χ0v) is 15.2. The number of carbonyl (C=O) groups is 2. The SMILES string of the molecule is C1CCCCC1.CC(C)(C)OC(=O)NCC(=O)O.CI. The number of carboxylic acid groups (broad SMARTS) is 1. The molecule has 20 heavy (non-hydrogen) atoms. The number of ether oxygens (including phenoxy) is 1. The van der Waals surface area contributed by atoms with Crippen LogP contribution in [0.5, 0.6) is 0 Å². The van der Waals surface area contributed by atoms with Crippen LogP contribution in [0.2, 0.25) is 0 Å². The second-order valence-corrected chi connectivity index (χ2v) is 5.37. The topological polar surface area (TPSA) is 75.6 Å². The number of carbonyl (C=O) groups excluding carboxylic acids is 1. The van der Waals surface area contributed by atoms with Crippen molar-refractivity contribution in [2.75, 3.05) is 11.5 Å². The summed E-state index contributed by atoms with van der Waals surface area (Å²) >= 11 is 2.15. The Labute approximate surface area is 136 Å². The molecule has 1 fully saturated rings. The lowest BCUT2D eigenvalue weighted by atomic mass is 10.0. The highest BCUT2D eigenvalue weighted by atomic mass is 127. The number of alkyl carbamates (subject to hydrolysis) is 1. The molecule has 120 valence electrons. The van der Waals surface area contributed by atoms with Gasteiger partial charge < -0.3 is 15.2 Å². The molecule has 0 spiro atoms. The number of alkyl halides is 1. The Morgan fingerprint density at radius 2 is 1.40 bits per heavy atom. The standard InChI is InChI=1S/C7H13NO4.C6H12.CH3I/c1-7(2,3)12-6(11)8-4-5(9)10;1-2-4-6-5-3-1;1-2/h4H2,1-3H3,(H,8,11)(H,9,10);1-6H2;1H3. The third-order valence-electron chi connectivity index (χ3n) is 2.28. The first-order valence-corrected chi connectivity index (χ1v) is 9.03. The minimum Gasteiger partial charge on any atom is -0.480 e. The Hall–Kier alpha value is -0.530. The molecule has 0 bridgehead atoms. The second-order valence-electron chi connectivity index (χ2n) is 5.37. The molecule has 2 N–H and O–H groups in total. The van der Waals surface area contributed by atoms with Gasteiger partial charge in [0.15, 0.2) is 0 Å². The van der Waals surface area contributed by atoms with Crippen molar-refractivity contribution in [3.8, 4) is 0 Å². The average molecular weight is 401 g/mol. The Morgan fingerprint density at radius 1 is 1.05 bits per heavy atom. The maximum atomic E-state index is 10.8. The minimum atomic E-state index is -1.10. The summed E-state index contributed by atoms with van der Waals surface area (Å²) in [6, 6.07) is 0. The normalized spacial score (nSPS) is 13.8. The molecule has 1 amide bonds. The predicted octanol–water partition coefficient (Wildman–Crippen LogP) is 3.99. The van der Waals surface area contributed by atoms with E-state index >= 15 is 0 Å². The van der Waals surface area contributed by atoms with Gasteiger partial charge in [0.25, 0.3) is 0 Å². The maximum absolute atomic E-state index is 10.8. The molecule has 0 heterocycles. The quantitative estimate of drug-likeness (QED) is 0.542. The van der Waals surface area contributed by atoms with Crippen LogP contribution in [-0.2, 0) is 9.53 Å². The van der Waals surface area contributed by atoms with Gasteiger partial charge in [0.1, 0.15) is 12.1 Å². The zero-order valence-electron chi connectivity index (χ0n) is 13.0. The smallest absolute Gasteiger partial charge is 0.408 e. The molecule has 6 heteroatoms. The molecule has 1 aliphatic rings. The van der Waals surface area contributed by atoms with Crippen LogP contribution in [0.25, 0.3) is 0 Å². The molecule has 0 aromatic carbocycles. The van der Waals surface area contributed by atoms with Crippen molar-refractivity contribution in [2.45, 2.75) is 64.9 Å². The van der Waals surface area contributed by atoms with E-state index in [1.54, 1.807) is 20.8 Å². The van der Waals surface area contributed by atoms with E-state index in [9.17, 15) is 9.59 Å². The first-order chi connectivity index (χ1) is 9.31. The van der Waals surface area contributed by atoms with Gasteiger partial charge in [0.05, 0.1) is 0 Å². The largest absolute Gasteiger partial charge is 0.480 e. The molecule has 1 aliphatic carbocycles. The van der Waals surface area contributed by atoms with E-state index in [-0.39, 0.29) is 0 Å². The number of amides is 1. The zero-order chi connectivity index (χ0) is 16.0. The van der Waals surface area contributed by atoms with Crippen LogP contribution in [0.15, 0.2) is 0 Å². The molecule has 1 rings (SSSR count). The van der Waals surface area contributed by atoms with Gasteiger partial charge in [-0.25, -0.2) is 4.79 Å². The van der Waals surface area contributed by atoms with Crippen LogP contribution in [0.3, 0.4) is 0 Å². The van der Waals surface area contributed by atoms with E-state index in [0.29, 0.717) is 0 Å².